The largest absolute Gasteiger partial charge is 0.342 e. The summed E-state index contributed by atoms with van der Waals surface area (Å²) in [6.45, 7) is 1.64. The van der Waals surface area contributed by atoms with Crippen LogP contribution < -0.4 is 0 Å². The van der Waals surface area contributed by atoms with Crippen molar-refractivity contribution in [2.45, 2.75) is 12.3 Å². The molecule has 0 amide bonds. The normalized spacial score (nSPS) is 18.1. The fraction of sp³-hybridized carbons (Fsp3) is 0.333. The lowest BCUT2D eigenvalue weighted by molar-refractivity contribution is -0.178. The minimum Gasteiger partial charge on any atom is -0.342 e. The van der Waals surface area contributed by atoms with Crippen molar-refractivity contribution in [2.75, 3.05) is 13.2 Å². The summed E-state index contributed by atoms with van der Waals surface area (Å²) < 4.78 is 14.4. The summed E-state index contributed by atoms with van der Waals surface area (Å²) in [6.07, 6.45) is 3.16. The van der Waals surface area contributed by atoms with Crippen LogP contribution in [-0.2, 0) is 21.8 Å². The molecule has 0 atom stereocenters. The van der Waals surface area contributed by atoms with E-state index in [0.29, 0.717) is 19.8 Å². The molecule has 0 bridgehead atoms. The van der Waals surface area contributed by atoms with Gasteiger partial charge in [0.15, 0.2) is 0 Å². The van der Waals surface area contributed by atoms with Crippen molar-refractivity contribution in [3.63, 3.8) is 0 Å². The molecule has 2 heterocycles. The second-order valence-corrected chi connectivity index (χ2v) is 4.88. The molecule has 0 radical (unpaired) electrons. The number of halogens is 1. The van der Waals surface area contributed by atoms with Gasteiger partial charge in [0.2, 0.25) is 5.79 Å². The van der Waals surface area contributed by atoms with Gasteiger partial charge in [-0.25, -0.2) is 9.67 Å². The molecule has 1 fully saturated rings. The molecule has 2 aromatic rings. The van der Waals surface area contributed by atoms with E-state index in [9.17, 15) is 0 Å². The number of nitrogens with zero attached hydrogens (tertiary/aromatic N) is 3. The van der Waals surface area contributed by atoms with Crippen molar-refractivity contribution < 1.29 is 9.47 Å². The van der Waals surface area contributed by atoms with Crippen LogP contribution in [0.5, 0.6) is 0 Å². The first-order valence-corrected chi connectivity index (χ1v) is 6.45. The van der Waals surface area contributed by atoms with Crippen LogP contribution >= 0.6 is 15.9 Å². The van der Waals surface area contributed by atoms with Gasteiger partial charge >= 0.3 is 0 Å². The third-order valence-corrected chi connectivity index (χ3v) is 3.57. The van der Waals surface area contributed by atoms with E-state index in [1.807, 2.05) is 24.3 Å². The van der Waals surface area contributed by atoms with E-state index >= 15 is 0 Å². The summed E-state index contributed by atoms with van der Waals surface area (Å²) in [7, 11) is 0. The van der Waals surface area contributed by atoms with Gasteiger partial charge in [-0.3, -0.25) is 0 Å². The van der Waals surface area contributed by atoms with E-state index in [2.05, 4.69) is 26.0 Å². The predicted octanol–water partition coefficient (Wildman–Crippen LogP) is 1.94. The Kier molecular flexibility index (Phi) is 3.15. The maximum atomic E-state index is 5.84. The first-order chi connectivity index (χ1) is 8.80. The van der Waals surface area contributed by atoms with Crippen molar-refractivity contribution >= 4 is 15.9 Å². The van der Waals surface area contributed by atoms with E-state index in [1.165, 1.54) is 6.33 Å². The molecule has 3 rings (SSSR count). The van der Waals surface area contributed by atoms with Gasteiger partial charge in [0.05, 0.1) is 13.2 Å². The molecule has 1 saturated heterocycles. The Morgan fingerprint density at radius 1 is 1.28 bits per heavy atom. The fourth-order valence-corrected chi connectivity index (χ4v) is 2.67. The van der Waals surface area contributed by atoms with Gasteiger partial charge in [0.1, 0.15) is 19.2 Å². The zero-order chi connectivity index (χ0) is 12.4. The molecule has 18 heavy (non-hydrogen) atoms. The van der Waals surface area contributed by atoms with Crippen LogP contribution in [0, 0.1) is 0 Å². The Morgan fingerprint density at radius 2 is 2.06 bits per heavy atom. The molecule has 1 aliphatic rings. The van der Waals surface area contributed by atoms with Crippen molar-refractivity contribution in [3.05, 3.63) is 47.0 Å². The number of hydrogen-bond donors (Lipinski definition) is 0. The number of rotatable bonds is 3. The van der Waals surface area contributed by atoms with Crippen LogP contribution in [0.15, 0.2) is 41.4 Å². The quantitative estimate of drug-likeness (QED) is 0.869. The third-order valence-electron chi connectivity index (χ3n) is 2.87. The minimum absolute atomic E-state index is 0.482. The summed E-state index contributed by atoms with van der Waals surface area (Å²) in [5.41, 5.74) is 0.970. The number of benzene rings is 1. The van der Waals surface area contributed by atoms with Gasteiger partial charge in [-0.15, -0.1) is 0 Å². The lowest BCUT2D eigenvalue weighted by atomic mass is 10.1. The number of aromatic nitrogens is 3. The maximum absolute atomic E-state index is 5.84. The Hall–Kier alpha value is -1.24. The molecule has 1 aromatic heterocycles. The Morgan fingerprint density at radius 3 is 2.72 bits per heavy atom. The average molecular weight is 310 g/mol. The maximum Gasteiger partial charge on any atom is 0.216 e. The standard InChI is InChI=1S/C12H12BrN3O2/c13-11-4-2-1-3-10(11)12(17-5-6-18-12)7-16-9-14-8-15-16/h1-4,8-9H,5-7H2. The molecule has 5 nitrogen and oxygen atoms in total. The van der Waals surface area contributed by atoms with Crippen molar-refractivity contribution in [3.8, 4) is 0 Å². The SMILES string of the molecule is Brc1ccccc1C1(Cn2cncn2)OCCO1. The second kappa shape index (κ2) is 4.79. The van der Waals surface area contributed by atoms with Crippen LogP contribution in [0.2, 0.25) is 0 Å². The fourth-order valence-electron chi connectivity index (χ4n) is 2.08. The molecule has 6 heteroatoms. The molecular formula is C12H12BrN3O2. The van der Waals surface area contributed by atoms with Crippen LogP contribution in [0.1, 0.15) is 5.56 Å². The molecule has 0 spiro atoms. The van der Waals surface area contributed by atoms with E-state index < -0.39 is 5.79 Å². The monoisotopic (exact) mass is 309 g/mol. The highest BCUT2D eigenvalue weighted by atomic mass is 79.9. The van der Waals surface area contributed by atoms with Gasteiger partial charge in [0, 0.05) is 10.0 Å². The molecule has 0 N–H and O–H groups in total. The van der Waals surface area contributed by atoms with Gasteiger partial charge in [0.25, 0.3) is 0 Å². The Labute approximate surface area is 113 Å². The third kappa shape index (κ3) is 2.07. The summed E-state index contributed by atoms with van der Waals surface area (Å²) >= 11 is 3.54. The first-order valence-electron chi connectivity index (χ1n) is 5.65. The topological polar surface area (TPSA) is 49.2 Å². The summed E-state index contributed by atoms with van der Waals surface area (Å²) in [6, 6.07) is 7.90. The van der Waals surface area contributed by atoms with Crippen molar-refractivity contribution in [1.82, 2.24) is 14.8 Å². The molecule has 1 aliphatic heterocycles. The smallest absolute Gasteiger partial charge is 0.216 e. The molecule has 94 valence electrons. The van der Waals surface area contributed by atoms with E-state index in [-0.39, 0.29) is 0 Å². The van der Waals surface area contributed by atoms with Crippen LogP contribution in [0.25, 0.3) is 0 Å². The number of hydrogen-bond acceptors (Lipinski definition) is 4. The van der Waals surface area contributed by atoms with Crippen LogP contribution in [0.3, 0.4) is 0 Å². The van der Waals surface area contributed by atoms with E-state index in [0.717, 1.165) is 10.0 Å². The predicted molar refractivity (Wildman–Crippen MR) is 67.7 cm³/mol. The van der Waals surface area contributed by atoms with Gasteiger partial charge in [-0.05, 0) is 6.07 Å². The van der Waals surface area contributed by atoms with Crippen molar-refractivity contribution in [1.29, 1.82) is 0 Å². The highest BCUT2D eigenvalue weighted by Gasteiger charge is 2.40. The lowest BCUT2D eigenvalue weighted by Gasteiger charge is -2.28. The van der Waals surface area contributed by atoms with E-state index in [4.69, 9.17) is 9.47 Å². The van der Waals surface area contributed by atoms with Crippen LogP contribution in [0.4, 0.5) is 0 Å². The Balaban J connectivity index is 1.99. The molecule has 0 aliphatic carbocycles. The highest BCUT2D eigenvalue weighted by Crippen LogP contribution is 2.37. The van der Waals surface area contributed by atoms with Crippen molar-refractivity contribution in [2.24, 2.45) is 0 Å². The molecule has 0 unspecified atom stereocenters. The molecule has 1 aromatic carbocycles. The second-order valence-electron chi connectivity index (χ2n) is 4.02. The van der Waals surface area contributed by atoms with Crippen LogP contribution in [-0.4, -0.2) is 28.0 Å². The Bertz CT molecular complexity index is 524. The average Bonchev–Trinajstić information content (AvgIpc) is 3.02. The van der Waals surface area contributed by atoms with Gasteiger partial charge < -0.3 is 9.47 Å². The summed E-state index contributed by atoms with van der Waals surface area (Å²) in [5.74, 6) is -0.784. The summed E-state index contributed by atoms with van der Waals surface area (Å²) in [4.78, 5) is 3.94. The lowest BCUT2D eigenvalue weighted by Crippen LogP contribution is -2.33. The zero-order valence-electron chi connectivity index (χ0n) is 9.62. The van der Waals surface area contributed by atoms with Gasteiger partial charge in [-0.2, -0.15) is 5.10 Å². The number of ether oxygens (including phenoxy) is 2. The first kappa shape index (κ1) is 11.8. The highest BCUT2D eigenvalue weighted by molar-refractivity contribution is 9.10. The van der Waals surface area contributed by atoms with Gasteiger partial charge in [-0.1, -0.05) is 34.1 Å². The van der Waals surface area contributed by atoms with E-state index in [1.54, 1.807) is 11.0 Å². The zero-order valence-corrected chi connectivity index (χ0v) is 11.2. The molecule has 0 saturated carbocycles. The summed E-state index contributed by atoms with van der Waals surface area (Å²) in [5, 5.41) is 4.11. The molecular weight excluding hydrogens is 298 g/mol. The minimum atomic E-state index is -0.784.